The first-order valence-electron chi connectivity index (χ1n) is 5.21. The summed E-state index contributed by atoms with van der Waals surface area (Å²) in [6.45, 7) is 0. The van der Waals surface area contributed by atoms with Crippen LogP contribution < -0.4 is 0 Å². The van der Waals surface area contributed by atoms with Crippen molar-refractivity contribution in [3.8, 4) is 6.07 Å². The lowest BCUT2D eigenvalue weighted by atomic mass is 10.3. The second-order valence-electron chi connectivity index (χ2n) is 3.75. The van der Waals surface area contributed by atoms with Crippen molar-refractivity contribution in [2.24, 2.45) is 0 Å². The van der Waals surface area contributed by atoms with Crippen LogP contribution >= 0.6 is 11.6 Å². The topological polar surface area (TPSA) is 41.1 Å². The number of allylic oxidation sites excluding steroid dienone is 1. The van der Waals surface area contributed by atoms with Crippen molar-refractivity contribution in [1.82, 2.24) is 9.38 Å². The molecular formula is C12H7ClF3N3. The van der Waals surface area contributed by atoms with Gasteiger partial charge < -0.3 is 0 Å². The molecule has 0 aromatic carbocycles. The number of aromatic nitrogens is 2. The number of nitrogens with zero attached hydrogens (tertiary/aromatic N) is 3. The summed E-state index contributed by atoms with van der Waals surface area (Å²) in [5.74, 6) is 0. The van der Waals surface area contributed by atoms with Gasteiger partial charge in [-0.05, 0) is 12.1 Å². The second-order valence-corrected chi connectivity index (χ2v) is 4.16. The maximum Gasteiger partial charge on any atom is 0.392 e. The van der Waals surface area contributed by atoms with E-state index < -0.39 is 12.6 Å². The van der Waals surface area contributed by atoms with E-state index in [0.717, 1.165) is 6.08 Å². The first-order chi connectivity index (χ1) is 8.92. The molecule has 0 unspecified atom stereocenters. The molecule has 0 N–H and O–H groups in total. The van der Waals surface area contributed by atoms with Crippen LogP contribution in [-0.2, 0) is 0 Å². The van der Waals surface area contributed by atoms with Crippen molar-refractivity contribution < 1.29 is 13.2 Å². The first-order valence-corrected chi connectivity index (χ1v) is 5.59. The third kappa shape index (κ3) is 2.88. The lowest BCUT2D eigenvalue weighted by Crippen LogP contribution is -2.04. The van der Waals surface area contributed by atoms with E-state index in [-0.39, 0.29) is 10.6 Å². The zero-order valence-electron chi connectivity index (χ0n) is 9.45. The molecule has 0 fully saturated rings. The van der Waals surface area contributed by atoms with E-state index in [9.17, 15) is 13.2 Å². The predicted molar refractivity (Wildman–Crippen MR) is 64.6 cm³/mol. The highest BCUT2D eigenvalue weighted by molar-refractivity contribution is 6.32. The monoisotopic (exact) mass is 285 g/mol. The Morgan fingerprint density at radius 1 is 1.47 bits per heavy atom. The predicted octanol–water partition coefficient (Wildman–Crippen LogP) is 3.82. The molecule has 0 aliphatic heterocycles. The Morgan fingerprint density at radius 2 is 2.21 bits per heavy atom. The minimum atomic E-state index is -4.24. The molecule has 2 aromatic rings. The summed E-state index contributed by atoms with van der Waals surface area (Å²) >= 11 is 5.83. The molecule has 2 aromatic heterocycles. The van der Waals surface area contributed by atoms with E-state index in [2.05, 4.69) is 4.98 Å². The van der Waals surface area contributed by atoms with Crippen LogP contribution in [0.25, 0.3) is 11.7 Å². The van der Waals surface area contributed by atoms with Crippen LogP contribution in [0.3, 0.4) is 0 Å². The van der Waals surface area contributed by atoms with Gasteiger partial charge in [0.25, 0.3) is 0 Å². The number of pyridine rings is 1. The van der Waals surface area contributed by atoms with Gasteiger partial charge in [-0.25, -0.2) is 4.98 Å². The Hall–Kier alpha value is -2.00. The minimum Gasteiger partial charge on any atom is -0.299 e. The Labute approximate surface area is 111 Å². The molecule has 0 saturated heterocycles. The highest BCUT2D eigenvalue weighted by Crippen LogP contribution is 2.23. The lowest BCUT2D eigenvalue weighted by Gasteiger charge is -2.01. The van der Waals surface area contributed by atoms with Crippen molar-refractivity contribution in [2.75, 3.05) is 0 Å². The molecule has 0 aliphatic rings. The highest BCUT2D eigenvalue weighted by atomic mass is 35.5. The van der Waals surface area contributed by atoms with E-state index in [4.69, 9.17) is 16.9 Å². The summed E-state index contributed by atoms with van der Waals surface area (Å²) in [7, 11) is 0. The van der Waals surface area contributed by atoms with Gasteiger partial charge in [0.15, 0.2) is 5.65 Å². The van der Waals surface area contributed by atoms with Crippen molar-refractivity contribution in [2.45, 2.75) is 12.6 Å². The molecule has 3 nitrogen and oxygen atoms in total. The summed E-state index contributed by atoms with van der Waals surface area (Å²) in [6, 6.07) is 3.41. The Balaban J connectivity index is 2.40. The minimum absolute atomic E-state index is 0.194. The van der Waals surface area contributed by atoms with Crippen LogP contribution in [0.4, 0.5) is 13.2 Å². The van der Waals surface area contributed by atoms with E-state index in [0.29, 0.717) is 11.3 Å². The Kier molecular flexibility index (Phi) is 3.49. The summed E-state index contributed by atoms with van der Waals surface area (Å²) in [6.07, 6.45) is 0.00183. The lowest BCUT2D eigenvalue weighted by molar-refractivity contribution is -0.124. The number of hydrogen-bond acceptors (Lipinski definition) is 2. The van der Waals surface area contributed by atoms with Crippen molar-refractivity contribution in [1.29, 1.82) is 5.26 Å². The number of hydrogen-bond donors (Lipinski definition) is 0. The van der Waals surface area contributed by atoms with Gasteiger partial charge in [-0.2, -0.15) is 18.4 Å². The van der Waals surface area contributed by atoms with Crippen LogP contribution in [-0.4, -0.2) is 15.6 Å². The zero-order valence-corrected chi connectivity index (χ0v) is 10.2. The number of imidazole rings is 1. The number of rotatable bonds is 2. The van der Waals surface area contributed by atoms with Crippen molar-refractivity contribution in [3.63, 3.8) is 0 Å². The molecule has 7 heteroatoms. The summed E-state index contributed by atoms with van der Waals surface area (Å²) in [5, 5.41) is 9.21. The van der Waals surface area contributed by atoms with Gasteiger partial charge in [-0.1, -0.05) is 17.7 Å². The number of fused-ring (bicyclic) bond motifs is 1. The SMILES string of the molecule is N#Cc1c(Cl)ccn2c(C=CCC(F)(F)F)cnc12. The van der Waals surface area contributed by atoms with E-state index >= 15 is 0 Å². The largest absolute Gasteiger partial charge is 0.392 e. The van der Waals surface area contributed by atoms with Gasteiger partial charge in [0.2, 0.25) is 0 Å². The zero-order chi connectivity index (χ0) is 14.0. The van der Waals surface area contributed by atoms with E-state index in [1.54, 1.807) is 6.20 Å². The summed E-state index contributed by atoms with van der Waals surface area (Å²) in [4.78, 5) is 3.99. The number of alkyl halides is 3. The van der Waals surface area contributed by atoms with Gasteiger partial charge in [-0.15, -0.1) is 0 Å². The molecule has 0 bridgehead atoms. The molecule has 0 atom stereocenters. The fraction of sp³-hybridized carbons (Fsp3) is 0.167. The fourth-order valence-corrected chi connectivity index (χ4v) is 1.77. The maximum absolute atomic E-state index is 12.0. The van der Waals surface area contributed by atoms with Gasteiger partial charge >= 0.3 is 6.18 Å². The van der Waals surface area contributed by atoms with Crippen molar-refractivity contribution >= 4 is 23.3 Å². The molecule has 0 saturated carbocycles. The third-order valence-electron chi connectivity index (χ3n) is 2.41. The Bertz CT molecular complexity index is 680. The van der Waals surface area contributed by atoms with Crippen LogP contribution in [0.5, 0.6) is 0 Å². The fourth-order valence-electron chi connectivity index (χ4n) is 1.59. The highest BCUT2D eigenvalue weighted by Gasteiger charge is 2.24. The smallest absolute Gasteiger partial charge is 0.299 e. The van der Waals surface area contributed by atoms with Gasteiger partial charge in [0, 0.05) is 6.20 Å². The summed E-state index contributed by atoms with van der Waals surface area (Å²) < 4.78 is 37.6. The molecule has 0 aliphatic carbocycles. The third-order valence-corrected chi connectivity index (χ3v) is 2.72. The van der Waals surface area contributed by atoms with Crippen molar-refractivity contribution in [3.05, 3.63) is 40.8 Å². The molecule has 2 heterocycles. The molecule has 98 valence electrons. The van der Waals surface area contributed by atoms with Crippen LogP contribution in [0.2, 0.25) is 5.02 Å². The normalized spacial score (nSPS) is 12.2. The quantitative estimate of drug-likeness (QED) is 0.841. The van der Waals surface area contributed by atoms with Crippen LogP contribution in [0, 0.1) is 11.3 Å². The molecule has 0 spiro atoms. The van der Waals surface area contributed by atoms with E-state index in [1.165, 1.54) is 22.7 Å². The molecule has 0 radical (unpaired) electrons. The summed E-state index contributed by atoms with van der Waals surface area (Å²) in [5.41, 5.74) is 0.966. The standard InChI is InChI=1S/C12H7ClF3N3/c13-10-3-5-19-8(2-1-4-12(14,15)16)7-18-11(19)9(10)6-17/h1-3,5,7H,4H2. The van der Waals surface area contributed by atoms with Crippen LogP contribution in [0.1, 0.15) is 17.7 Å². The average Bonchev–Trinajstić information content (AvgIpc) is 2.71. The van der Waals surface area contributed by atoms with Gasteiger partial charge in [0.1, 0.15) is 11.6 Å². The molecule has 2 rings (SSSR count). The molecule has 19 heavy (non-hydrogen) atoms. The van der Waals surface area contributed by atoms with Gasteiger partial charge in [-0.3, -0.25) is 4.40 Å². The number of halogens is 4. The second kappa shape index (κ2) is 4.94. The average molecular weight is 286 g/mol. The molecule has 0 amide bonds. The maximum atomic E-state index is 12.0. The number of nitriles is 1. The first kappa shape index (κ1) is 13.4. The van der Waals surface area contributed by atoms with Gasteiger partial charge in [0.05, 0.1) is 23.3 Å². The Morgan fingerprint density at radius 3 is 2.84 bits per heavy atom. The van der Waals surface area contributed by atoms with E-state index in [1.807, 2.05) is 6.07 Å². The van der Waals surface area contributed by atoms with Crippen LogP contribution in [0.15, 0.2) is 24.5 Å². The molecular weight excluding hydrogens is 279 g/mol.